The summed E-state index contributed by atoms with van der Waals surface area (Å²) in [7, 11) is 0. The molecule has 2 heterocycles. The van der Waals surface area contributed by atoms with Crippen LogP contribution >= 0.6 is 23.4 Å². The van der Waals surface area contributed by atoms with Crippen molar-refractivity contribution in [2.75, 3.05) is 10.7 Å². The molecule has 0 aliphatic carbocycles. The van der Waals surface area contributed by atoms with Crippen LogP contribution in [0.2, 0.25) is 5.02 Å². The summed E-state index contributed by atoms with van der Waals surface area (Å²) >= 11 is 7.10. The first kappa shape index (κ1) is 21.4. The molecule has 2 atom stereocenters. The van der Waals surface area contributed by atoms with Gasteiger partial charge in [-0.05, 0) is 42.8 Å². The predicted molar refractivity (Wildman–Crippen MR) is 108 cm³/mol. The molecule has 0 fully saturated rings. The van der Waals surface area contributed by atoms with E-state index in [1.165, 1.54) is 24.3 Å². The van der Waals surface area contributed by atoms with E-state index in [9.17, 15) is 22.4 Å². The fourth-order valence-corrected chi connectivity index (χ4v) is 4.37. The number of hydrogen-bond donors (Lipinski definition) is 2. The van der Waals surface area contributed by atoms with E-state index in [1.807, 2.05) is 0 Å². The highest BCUT2D eigenvalue weighted by molar-refractivity contribution is 8.00. The van der Waals surface area contributed by atoms with E-state index < -0.39 is 34.8 Å². The van der Waals surface area contributed by atoms with E-state index in [1.54, 1.807) is 11.6 Å². The molecule has 0 bridgehead atoms. The predicted octanol–water partition coefficient (Wildman–Crippen LogP) is 4.80. The lowest BCUT2D eigenvalue weighted by Gasteiger charge is -2.32. The van der Waals surface area contributed by atoms with Gasteiger partial charge >= 0.3 is 6.18 Å². The third-order valence-electron chi connectivity index (χ3n) is 4.64. The van der Waals surface area contributed by atoms with Gasteiger partial charge in [-0.15, -0.1) is 10.2 Å². The average molecular weight is 472 g/mol. The first-order valence-corrected chi connectivity index (χ1v) is 10.2. The van der Waals surface area contributed by atoms with Crippen molar-refractivity contribution in [3.63, 3.8) is 0 Å². The number of nitrogens with zero attached hydrogens (tertiary/aromatic N) is 3. The van der Waals surface area contributed by atoms with Crippen molar-refractivity contribution >= 4 is 35.0 Å². The van der Waals surface area contributed by atoms with Gasteiger partial charge in [0.25, 0.3) is 0 Å². The maximum atomic E-state index is 13.4. The van der Waals surface area contributed by atoms with Gasteiger partial charge in [0.1, 0.15) is 16.9 Å². The lowest BCUT2D eigenvalue weighted by atomic mass is 10.0. The Morgan fingerprint density at radius 2 is 1.90 bits per heavy atom. The molecule has 1 aliphatic heterocycles. The van der Waals surface area contributed by atoms with E-state index in [0.29, 0.717) is 16.5 Å². The van der Waals surface area contributed by atoms with Crippen molar-refractivity contribution in [2.45, 2.75) is 29.5 Å². The van der Waals surface area contributed by atoms with Gasteiger partial charge in [0.2, 0.25) is 11.1 Å². The standard InChI is InChI=1S/C19H14ClF4N5OS/c1-9-26-27-18-29(9)28-15(10-2-5-12(21)6-3-10)16(31-18)17(30)25-14-8-11(19(22,23)24)4-7-13(14)20/h2-8,15-16,28H,1H3,(H,25,30)/t15-,16+/m1/s1. The van der Waals surface area contributed by atoms with Crippen LogP contribution in [0.25, 0.3) is 0 Å². The number of nitrogens with one attached hydrogen (secondary N) is 2. The molecule has 0 unspecified atom stereocenters. The Morgan fingerprint density at radius 3 is 2.58 bits per heavy atom. The van der Waals surface area contributed by atoms with Gasteiger partial charge in [-0.3, -0.25) is 4.79 Å². The summed E-state index contributed by atoms with van der Waals surface area (Å²) in [5.74, 6) is -0.487. The Morgan fingerprint density at radius 1 is 1.19 bits per heavy atom. The quantitative estimate of drug-likeness (QED) is 0.537. The van der Waals surface area contributed by atoms with E-state index in [2.05, 4.69) is 20.9 Å². The number of halogens is 5. The first-order valence-electron chi connectivity index (χ1n) is 8.92. The van der Waals surface area contributed by atoms with Crippen LogP contribution in [0.15, 0.2) is 47.6 Å². The van der Waals surface area contributed by atoms with Crippen molar-refractivity contribution in [3.8, 4) is 0 Å². The number of aryl methyl sites for hydroxylation is 1. The molecule has 2 N–H and O–H groups in total. The van der Waals surface area contributed by atoms with Gasteiger partial charge in [0.05, 0.1) is 22.3 Å². The number of amides is 1. The largest absolute Gasteiger partial charge is 0.416 e. The number of anilines is 1. The lowest BCUT2D eigenvalue weighted by Crippen LogP contribution is -2.41. The van der Waals surface area contributed by atoms with E-state index in [-0.39, 0.29) is 10.7 Å². The number of thioether (sulfide) groups is 1. The zero-order chi connectivity index (χ0) is 22.3. The summed E-state index contributed by atoms with van der Waals surface area (Å²) in [4.78, 5) is 13.1. The van der Waals surface area contributed by atoms with Crippen molar-refractivity contribution in [1.82, 2.24) is 14.9 Å². The fraction of sp³-hybridized carbons (Fsp3) is 0.211. The molecule has 3 aromatic rings. The molecule has 0 spiro atoms. The Labute approximate surface area is 183 Å². The van der Waals surface area contributed by atoms with Crippen LogP contribution in [0.5, 0.6) is 0 Å². The van der Waals surface area contributed by atoms with Crippen LogP contribution < -0.4 is 10.7 Å². The molecule has 6 nitrogen and oxygen atoms in total. The Kier molecular flexibility index (Phi) is 5.56. The number of hydrogen-bond acceptors (Lipinski definition) is 5. The summed E-state index contributed by atoms with van der Waals surface area (Å²) in [5.41, 5.74) is 2.62. The third-order valence-corrected chi connectivity index (χ3v) is 6.18. The van der Waals surface area contributed by atoms with E-state index in [4.69, 9.17) is 11.6 Å². The number of fused-ring (bicyclic) bond motifs is 1. The van der Waals surface area contributed by atoms with Gasteiger partial charge in [0.15, 0.2) is 0 Å². The van der Waals surface area contributed by atoms with Gasteiger partial charge in [-0.25, -0.2) is 9.07 Å². The highest BCUT2D eigenvalue weighted by atomic mass is 35.5. The van der Waals surface area contributed by atoms with Gasteiger partial charge in [-0.1, -0.05) is 35.5 Å². The molecule has 1 aliphatic rings. The minimum absolute atomic E-state index is 0.0348. The van der Waals surface area contributed by atoms with Gasteiger partial charge < -0.3 is 10.7 Å². The SMILES string of the molecule is Cc1nnc2n1N[C@H](c1ccc(F)cc1)[C@@H](C(=O)Nc1cc(C(F)(F)F)ccc1Cl)S2. The zero-order valence-electron chi connectivity index (χ0n) is 15.7. The number of alkyl halides is 3. The van der Waals surface area contributed by atoms with Crippen LogP contribution in [0.3, 0.4) is 0 Å². The monoisotopic (exact) mass is 471 g/mol. The number of benzene rings is 2. The van der Waals surface area contributed by atoms with Crippen LogP contribution in [0, 0.1) is 12.7 Å². The van der Waals surface area contributed by atoms with Gasteiger partial charge in [0, 0.05) is 0 Å². The molecule has 0 saturated heterocycles. The smallest absolute Gasteiger partial charge is 0.324 e. The van der Waals surface area contributed by atoms with Crippen molar-refractivity contribution in [2.24, 2.45) is 0 Å². The Hall–Kier alpha value is -2.79. The second-order valence-electron chi connectivity index (χ2n) is 6.74. The van der Waals surface area contributed by atoms with Crippen LogP contribution in [-0.2, 0) is 11.0 Å². The normalized spacial score (nSPS) is 18.3. The topological polar surface area (TPSA) is 71.8 Å². The Bertz CT molecular complexity index is 1140. The molecule has 31 heavy (non-hydrogen) atoms. The van der Waals surface area contributed by atoms with E-state index in [0.717, 1.165) is 30.0 Å². The summed E-state index contributed by atoms with van der Waals surface area (Å²) in [5, 5.41) is 9.96. The summed E-state index contributed by atoms with van der Waals surface area (Å²) in [6, 6.07) is 7.61. The number of carbonyl (C=O) groups is 1. The molecule has 12 heteroatoms. The number of aromatic nitrogens is 3. The molecule has 0 saturated carbocycles. The molecule has 162 valence electrons. The fourth-order valence-electron chi connectivity index (χ4n) is 3.08. The summed E-state index contributed by atoms with van der Waals surface area (Å²) in [6.07, 6.45) is -4.59. The second-order valence-corrected chi connectivity index (χ2v) is 8.26. The molecule has 2 aromatic carbocycles. The molecular weight excluding hydrogens is 458 g/mol. The zero-order valence-corrected chi connectivity index (χ0v) is 17.3. The van der Waals surface area contributed by atoms with Crippen LogP contribution in [-0.4, -0.2) is 26.0 Å². The number of carbonyl (C=O) groups excluding carboxylic acids is 1. The van der Waals surface area contributed by atoms with Crippen molar-refractivity contribution in [3.05, 3.63) is 70.3 Å². The van der Waals surface area contributed by atoms with E-state index >= 15 is 0 Å². The number of rotatable bonds is 3. The van der Waals surface area contributed by atoms with Crippen LogP contribution in [0.4, 0.5) is 23.2 Å². The minimum Gasteiger partial charge on any atom is -0.324 e. The summed E-state index contributed by atoms with van der Waals surface area (Å²) in [6.45, 7) is 1.72. The molecular formula is C19H14ClF4N5OS. The minimum atomic E-state index is -4.59. The molecule has 0 radical (unpaired) electrons. The molecule has 4 rings (SSSR count). The van der Waals surface area contributed by atoms with Crippen molar-refractivity contribution in [1.29, 1.82) is 0 Å². The highest BCUT2D eigenvalue weighted by Gasteiger charge is 2.38. The Balaban J connectivity index is 1.67. The maximum Gasteiger partial charge on any atom is 0.416 e. The van der Waals surface area contributed by atoms with Crippen molar-refractivity contribution < 1.29 is 22.4 Å². The van der Waals surface area contributed by atoms with Crippen LogP contribution in [0.1, 0.15) is 23.0 Å². The van der Waals surface area contributed by atoms with Gasteiger partial charge in [-0.2, -0.15) is 13.2 Å². The highest BCUT2D eigenvalue weighted by Crippen LogP contribution is 2.39. The molecule has 1 amide bonds. The average Bonchev–Trinajstić information content (AvgIpc) is 3.08. The first-order chi connectivity index (χ1) is 14.6. The third kappa shape index (κ3) is 4.33. The molecule has 1 aromatic heterocycles. The summed E-state index contributed by atoms with van der Waals surface area (Å²) < 4.78 is 54.2. The maximum absolute atomic E-state index is 13.4. The second kappa shape index (κ2) is 8.04. The lowest BCUT2D eigenvalue weighted by molar-refractivity contribution is -0.137.